The molecule has 0 saturated heterocycles. The van der Waals surface area contributed by atoms with E-state index >= 15 is 0 Å². The fourth-order valence-electron chi connectivity index (χ4n) is 2.11. The maximum absolute atomic E-state index is 9.58. The predicted molar refractivity (Wildman–Crippen MR) is 53.0 cm³/mol. The molecule has 0 spiro atoms. The van der Waals surface area contributed by atoms with Gasteiger partial charge in [-0.2, -0.15) is 0 Å². The molecule has 3 heteroatoms. The van der Waals surface area contributed by atoms with Gasteiger partial charge in [0.15, 0.2) is 0 Å². The van der Waals surface area contributed by atoms with E-state index in [0.29, 0.717) is 0 Å². The van der Waals surface area contributed by atoms with Crippen LogP contribution in [0, 0.1) is 13.8 Å². The minimum atomic E-state index is -0.733. The van der Waals surface area contributed by atoms with Crippen LogP contribution >= 0.6 is 0 Å². The molecule has 1 unspecified atom stereocenters. The van der Waals surface area contributed by atoms with Gasteiger partial charge < -0.3 is 9.68 Å². The zero-order valence-electron chi connectivity index (χ0n) is 8.16. The van der Waals surface area contributed by atoms with Crippen LogP contribution in [0.3, 0.4) is 0 Å². The first-order valence-corrected chi connectivity index (χ1v) is 4.54. The standard InChI is InChI=1S/C10H13BO2/c1-6-4-7(2)10-8(3)13-11(12)9(10)5-6/h4-5,8,12H,1-3H3. The maximum atomic E-state index is 9.58. The normalized spacial score (nSPS) is 20.6. The van der Waals surface area contributed by atoms with Crippen LogP contribution in [0.25, 0.3) is 0 Å². The van der Waals surface area contributed by atoms with E-state index in [2.05, 4.69) is 13.0 Å². The second-order valence-corrected chi connectivity index (χ2v) is 3.72. The van der Waals surface area contributed by atoms with Gasteiger partial charge in [0, 0.05) is 0 Å². The molecule has 2 rings (SSSR count). The van der Waals surface area contributed by atoms with Crippen molar-refractivity contribution in [2.45, 2.75) is 26.9 Å². The molecule has 13 heavy (non-hydrogen) atoms. The van der Waals surface area contributed by atoms with Gasteiger partial charge in [0.2, 0.25) is 0 Å². The molecule has 68 valence electrons. The first-order valence-electron chi connectivity index (χ1n) is 4.54. The molecule has 0 amide bonds. The summed E-state index contributed by atoms with van der Waals surface area (Å²) in [6, 6.07) is 4.12. The van der Waals surface area contributed by atoms with Crippen LogP contribution in [0.4, 0.5) is 0 Å². The van der Waals surface area contributed by atoms with Gasteiger partial charge in [-0.1, -0.05) is 17.7 Å². The molecule has 0 fully saturated rings. The molecule has 1 aromatic rings. The lowest BCUT2D eigenvalue weighted by Crippen LogP contribution is -2.28. The molecule has 0 aromatic heterocycles. The topological polar surface area (TPSA) is 29.5 Å². The van der Waals surface area contributed by atoms with E-state index in [1.54, 1.807) is 0 Å². The van der Waals surface area contributed by atoms with Crippen molar-refractivity contribution < 1.29 is 9.68 Å². The van der Waals surface area contributed by atoms with Crippen LogP contribution in [0.2, 0.25) is 0 Å². The Labute approximate surface area is 78.7 Å². The van der Waals surface area contributed by atoms with Gasteiger partial charge in [-0.3, -0.25) is 0 Å². The van der Waals surface area contributed by atoms with Gasteiger partial charge in [-0.05, 0) is 37.4 Å². The molecular formula is C10H13BO2. The molecule has 1 heterocycles. The number of hydrogen-bond acceptors (Lipinski definition) is 2. The monoisotopic (exact) mass is 176 g/mol. The number of fused-ring (bicyclic) bond motifs is 1. The van der Waals surface area contributed by atoms with E-state index in [9.17, 15) is 5.02 Å². The van der Waals surface area contributed by atoms with Crippen LogP contribution in [-0.2, 0) is 4.65 Å². The van der Waals surface area contributed by atoms with Crippen LogP contribution in [-0.4, -0.2) is 12.1 Å². The molecule has 1 aromatic carbocycles. The molecule has 1 aliphatic rings. The van der Waals surface area contributed by atoms with E-state index < -0.39 is 7.12 Å². The van der Waals surface area contributed by atoms with Gasteiger partial charge in [-0.25, -0.2) is 0 Å². The summed E-state index contributed by atoms with van der Waals surface area (Å²) in [5, 5.41) is 9.58. The first kappa shape index (κ1) is 8.79. The summed E-state index contributed by atoms with van der Waals surface area (Å²) >= 11 is 0. The molecule has 0 aliphatic carbocycles. The summed E-state index contributed by atoms with van der Waals surface area (Å²) < 4.78 is 5.32. The van der Waals surface area contributed by atoms with Crippen molar-refractivity contribution in [3.63, 3.8) is 0 Å². The average Bonchev–Trinajstić information content (AvgIpc) is 2.27. The first-order chi connectivity index (χ1) is 6.09. The fourth-order valence-corrected chi connectivity index (χ4v) is 2.11. The summed E-state index contributed by atoms with van der Waals surface area (Å²) in [6.07, 6.45) is 0.0191. The molecule has 1 aliphatic heterocycles. The summed E-state index contributed by atoms with van der Waals surface area (Å²) in [5.41, 5.74) is 4.47. The van der Waals surface area contributed by atoms with Crippen molar-refractivity contribution in [2.24, 2.45) is 0 Å². The van der Waals surface area contributed by atoms with Crippen molar-refractivity contribution in [1.82, 2.24) is 0 Å². The maximum Gasteiger partial charge on any atom is 0.491 e. The fraction of sp³-hybridized carbons (Fsp3) is 0.400. The third-order valence-electron chi connectivity index (χ3n) is 2.57. The Morgan fingerprint density at radius 1 is 1.38 bits per heavy atom. The highest BCUT2D eigenvalue weighted by atomic mass is 16.5. The van der Waals surface area contributed by atoms with Crippen molar-refractivity contribution in [3.8, 4) is 0 Å². The third-order valence-corrected chi connectivity index (χ3v) is 2.57. The van der Waals surface area contributed by atoms with Gasteiger partial charge in [0.05, 0.1) is 6.10 Å². The van der Waals surface area contributed by atoms with E-state index in [-0.39, 0.29) is 6.10 Å². The zero-order valence-corrected chi connectivity index (χ0v) is 8.16. The molecule has 1 N–H and O–H groups in total. The number of rotatable bonds is 0. The second kappa shape index (κ2) is 2.86. The Bertz CT molecular complexity index is 349. The smallest absolute Gasteiger partial charge is 0.423 e. The van der Waals surface area contributed by atoms with Crippen molar-refractivity contribution in [2.75, 3.05) is 0 Å². The van der Waals surface area contributed by atoms with Crippen LogP contribution in [0.5, 0.6) is 0 Å². The number of hydrogen-bond donors (Lipinski definition) is 1. The van der Waals surface area contributed by atoms with Crippen LogP contribution in [0.15, 0.2) is 12.1 Å². The second-order valence-electron chi connectivity index (χ2n) is 3.72. The van der Waals surface area contributed by atoms with Gasteiger partial charge in [0.25, 0.3) is 0 Å². The average molecular weight is 176 g/mol. The van der Waals surface area contributed by atoms with E-state index in [1.807, 2.05) is 19.9 Å². The minimum absolute atomic E-state index is 0.0191. The zero-order chi connectivity index (χ0) is 9.59. The summed E-state index contributed by atoms with van der Waals surface area (Å²) in [7, 11) is -0.733. The Hall–Kier alpha value is -0.795. The molecule has 2 nitrogen and oxygen atoms in total. The van der Waals surface area contributed by atoms with E-state index in [1.165, 1.54) is 11.1 Å². The van der Waals surface area contributed by atoms with Crippen LogP contribution < -0.4 is 5.46 Å². The highest BCUT2D eigenvalue weighted by molar-refractivity contribution is 6.61. The highest BCUT2D eigenvalue weighted by Gasteiger charge is 2.33. The Kier molecular flexibility index (Phi) is 1.93. The lowest BCUT2D eigenvalue weighted by molar-refractivity contribution is 0.208. The lowest BCUT2D eigenvalue weighted by atomic mass is 9.77. The van der Waals surface area contributed by atoms with Gasteiger partial charge in [0.1, 0.15) is 0 Å². The lowest BCUT2D eigenvalue weighted by Gasteiger charge is -2.08. The molecule has 0 radical (unpaired) electrons. The molecule has 0 bridgehead atoms. The Morgan fingerprint density at radius 2 is 2.08 bits per heavy atom. The molecule has 0 saturated carbocycles. The summed E-state index contributed by atoms with van der Waals surface area (Å²) in [5.74, 6) is 0. The SMILES string of the molecule is Cc1cc(C)c2c(c1)B(O)OC2C. The Morgan fingerprint density at radius 3 is 2.77 bits per heavy atom. The number of aryl methyl sites for hydroxylation is 2. The molecular weight excluding hydrogens is 163 g/mol. The van der Waals surface area contributed by atoms with Gasteiger partial charge in [-0.15, -0.1) is 0 Å². The van der Waals surface area contributed by atoms with E-state index in [4.69, 9.17) is 4.65 Å². The van der Waals surface area contributed by atoms with Crippen molar-refractivity contribution in [3.05, 3.63) is 28.8 Å². The largest absolute Gasteiger partial charge is 0.491 e. The minimum Gasteiger partial charge on any atom is -0.423 e. The highest BCUT2D eigenvalue weighted by Crippen LogP contribution is 2.26. The molecule has 1 atom stereocenters. The van der Waals surface area contributed by atoms with Gasteiger partial charge >= 0.3 is 7.12 Å². The summed E-state index contributed by atoms with van der Waals surface area (Å²) in [4.78, 5) is 0. The van der Waals surface area contributed by atoms with E-state index in [0.717, 1.165) is 11.0 Å². The third kappa shape index (κ3) is 1.28. The summed E-state index contributed by atoms with van der Waals surface area (Å²) in [6.45, 7) is 6.06. The van der Waals surface area contributed by atoms with Crippen molar-refractivity contribution in [1.29, 1.82) is 0 Å². The number of benzene rings is 1. The quantitative estimate of drug-likeness (QED) is 0.599. The predicted octanol–water partition coefficient (Wildman–Crippen LogP) is 1.08. The van der Waals surface area contributed by atoms with Crippen LogP contribution in [0.1, 0.15) is 29.7 Å². The Balaban J connectivity index is 2.63. The van der Waals surface area contributed by atoms with Crippen molar-refractivity contribution >= 4 is 12.6 Å².